The Morgan fingerprint density at radius 3 is 2.88 bits per heavy atom. The highest BCUT2D eigenvalue weighted by molar-refractivity contribution is 5.91. The maximum Gasteiger partial charge on any atom is 0.322 e. The average Bonchev–Trinajstić information content (AvgIpc) is 2.63. The van der Waals surface area contributed by atoms with E-state index < -0.39 is 0 Å². The van der Waals surface area contributed by atoms with Gasteiger partial charge in [0.2, 0.25) is 5.91 Å². The van der Waals surface area contributed by atoms with E-state index in [2.05, 4.69) is 16.7 Å². The standard InChI is InChI=1S/C18H24N4O3/c1-3-17(23)20-14-6-5-9-22(12-14)18(24)21-15-10-13(11-19)7-8-16(15)25-4-2/h7-8,10,14H,3-6,9,12H2,1-2H3,(H,20,23)(H,21,24). The summed E-state index contributed by atoms with van der Waals surface area (Å²) in [7, 11) is 0. The molecule has 2 rings (SSSR count). The number of likely N-dealkylation sites (tertiary alicyclic amines) is 1. The van der Waals surface area contributed by atoms with E-state index >= 15 is 0 Å². The first-order chi connectivity index (χ1) is 12.1. The molecule has 1 heterocycles. The predicted molar refractivity (Wildman–Crippen MR) is 94.4 cm³/mol. The third-order valence-electron chi connectivity index (χ3n) is 4.04. The van der Waals surface area contributed by atoms with Gasteiger partial charge in [0.15, 0.2) is 0 Å². The molecule has 0 radical (unpaired) electrons. The van der Waals surface area contributed by atoms with E-state index in [9.17, 15) is 9.59 Å². The molecule has 1 aliphatic heterocycles. The molecule has 1 unspecified atom stereocenters. The number of ether oxygens (including phenoxy) is 1. The Morgan fingerprint density at radius 1 is 1.40 bits per heavy atom. The van der Waals surface area contributed by atoms with Crippen LogP contribution in [0.5, 0.6) is 5.75 Å². The van der Waals surface area contributed by atoms with Crippen molar-refractivity contribution < 1.29 is 14.3 Å². The smallest absolute Gasteiger partial charge is 0.322 e. The molecule has 3 amide bonds. The highest BCUT2D eigenvalue weighted by Gasteiger charge is 2.25. The van der Waals surface area contributed by atoms with Gasteiger partial charge in [0.05, 0.1) is 23.9 Å². The van der Waals surface area contributed by atoms with Gasteiger partial charge >= 0.3 is 6.03 Å². The van der Waals surface area contributed by atoms with Crippen LogP contribution in [0.2, 0.25) is 0 Å². The van der Waals surface area contributed by atoms with Crippen LogP contribution in [0, 0.1) is 11.3 Å². The Hall–Kier alpha value is -2.75. The summed E-state index contributed by atoms with van der Waals surface area (Å²) in [5, 5.41) is 14.8. The summed E-state index contributed by atoms with van der Waals surface area (Å²) in [6.07, 6.45) is 2.13. The number of hydrogen-bond acceptors (Lipinski definition) is 4. The zero-order valence-corrected chi connectivity index (χ0v) is 14.7. The zero-order chi connectivity index (χ0) is 18.2. The minimum Gasteiger partial charge on any atom is -0.492 e. The third-order valence-corrected chi connectivity index (χ3v) is 4.04. The molecule has 0 saturated carbocycles. The second-order valence-corrected chi connectivity index (χ2v) is 5.89. The number of nitriles is 1. The van der Waals surface area contributed by atoms with Crippen LogP contribution in [0.1, 0.15) is 38.7 Å². The number of anilines is 1. The lowest BCUT2D eigenvalue weighted by atomic mass is 10.1. The van der Waals surface area contributed by atoms with E-state index in [1.54, 1.807) is 30.0 Å². The van der Waals surface area contributed by atoms with Crippen molar-refractivity contribution in [2.24, 2.45) is 0 Å². The summed E-state index contributed by atoms with van der Waals surface area (Å²) < 4.78 is 5.51. The van der Waals surface area contributed by atoms with E-state index in [-0.39, 0.29) is 18.0 Å². The van der Waals surface area contributed by atoms with Gasteiger partial charge in [-0.15, -0.1) is 0 Å². The first-order valence-corrected chi connectivity index (χ1v) is 8.59. The number of carbonyl (C=O) groups is 2. The lowest BCUT2D eigenvalue weighted by Gasteiger charge is -2.33. The lowest BCUT2D eigenvalue weighted by Crippen LogP contribution is -2.50. The molecule has 1 saturated heterocycles. The van der Waals surface area contributed by atoms with Gasteiger partial charge in [-0.1, -0.05) is 6.92 Å². The van der Waals surface area contributed by atoms with Crippen LogP contribution < -0.4 is 15.4 Å². The highest BCUT2D eigenvalue weighted by atomic mass is 16.5. The van der Waals surface area contributed by atoms with E-state index in [1.165, 1.54) is 0 Å². The molecule has 1 atom stereocenters. The van der Waals surface area contributed by atoms with E-state index in [1.807, 2.05) is 6.92 Å². The summed E-state index contributed by atoms with van der Waals surface area (Å²) in [5.41, 5.74) is 0.927. The SMILES string of the molecule is CCOc1ccc(C#N)cc1NC(=O)N1CCCC(NC(=O)CC)C1. The quantitative estimate of drug-likeness (QED) is 0.858. The molecule has 1 aromatic carbocycles. The summed E-state index contributed by atoms with van der Waals surface area (Å²) in [6, 6.07) is 6.70. The molecular weight excluding hydrogens is 320 g/mol. The minimum atomic E-state index is -0.258. The maximum absolute atomic E-state index is 12.6. The van der Waals surface area contributed by atoms with Crippen LogP contribution in [-0.2, 0) is 4.79 Å². The zero-order valence-electron chi connectivity index (χ0n) is 14.7. The van der Waals surface area contributed by atoms with E-state index in [4.69, 9.17) is 10.00 Å². The van der Waals surface area contributed by atoms with E-state index in [0.717, 1.165) is 12.8 Å². The van der Waals surface area contributed by atoms with Gasteiger partial charge in [-0.25, -0.2) is 4.79 Å². The van der Waals surface area contributed by atoms with Crippen molar-refractivity contribution in [1.29, 1.82) is 5.26 Å². The molecule has 2 N–H and O–H groups in total. The number of benzene rings is 1. The number of carbonyl (C=O) groups excluding carboxylic acids is 2. The maximum atomic E-state index is 12.6. The number of amides is 3. The number of hydrogen-bond donors (Lipinski definition) is 2. The van der Waals surface area contributed by atoms with Crippen molar-refractivity contribution in [2.45, 2.75) is 39.2 Å². The normalized spacial score (nSPS) is 16.7. The van der Waals surface area contributed by atoms with Crippen LogP contribution in [0.25, 0.3) is 0 Å². The first-order valence-electron chi connectivity index (χ1n) is 8.59. The number of urea groups is 1. The van der Waals surface area contributed by atoms with Crippen molar-refractivity contribution in [3.63, 3.8) is 0 Å². The highest BCUT2D eigenvalue weighted by Crippen LogP contribution is 2.26. The van der Waals surface area contributed by atoms with Crippen molar-refractivity contribution in [3.05, 3.63) is 23.8 Å². The fourth-order valence-electron chi connectivity index (χ4n) is 2.78. The molecule has 1 aromatic rings. The third kappa shape index (κ3) is 5.11. The largest absolute Gasteiger partial charge is 0.492 e. The number of piperidine rings is 1. The van der Waals surface area contributed by atoms with Gasteiger partial charge in [0, 0.05) is 25.6 Å². The molecule has 25 heavy (non-hydrogen) atoms. The van der Waals surface area contributed by atoms with Gasteiger partial charge in [-0.05, 0) is 38.0 Å². The van der Waals surface area contributed by atoms with Gasteiger partial charge in [-0.3, -0.25) is 4.79 Å². The molecule has 0 spiro atoms. The molecule has 7 heteroatoms. The van der Waals surface area contributed by atoms with Crippen molar-refractivity contribution in [2.75, 3.05) is 25.0 Å². The second-order valence-electron chi connectivity index (χ2n) is 5.89. The molecule has 134 valence electrons. The van der Waals surface area contributed by atoms with Gasteiger partial charge in [-0.2, -0.15) is 5.26 Å². The van der Waals surface area contributed by atoms with Gasteiger partial charge in [0.1, 0.15) is 5.75 Å². The van der Waals surface area contributed by atoms with E-state index in [0.29, 0.717) is 43.1 Å². The Bertz CT molecular complexity index is 669. The Kier molecular flexibility index (Phi) is 6.63. The molecule has 0 bridgehead atoms. The fourth-order valence-corrected chi connectivity index (χ4v) is 2.78. The molecule has 0 aromatic heterocycles. The van der Waals surface area contributed by atoms with Crippen LogP contribution in [0.4, 0.5) is 10.5 Å². The van der Waals surface area contributed by atoms with Gasteiger partial charge < -0.3 is 20.3 Å². The van der Waals surface area contributed by atoms with Gasteiger partial charge in [0.25, 0.3) is 0 Å². The molecule has 7 nitrogen and oxygen atoms in total. The summed E-state index contributed by atoms with van der Waals surface area (Å²) >= 11 is 0. The first kappa shape index (κ1) is 18.6. The van der Waals surface area contributed by atoms with Crippen LogP contribution in [0.3, 0.4) is 0 Å². The molecule has 1 aliphatic rings. The number of rotatable bonds is 5. The second kappa shape index (κ2) is 8.92. The van der Waals surface area contributed by atoms with Crippen LogP contribution in [0.15, 0.2) is 18.2 Å². The topological polar surface area (TPSA) is 94.5 Å². The monoisotopic (exact) mass is 344 g/mol. The summed E-state index contributed by atoms with van der Waals surface area (Å²) in [5.74, 6) is 0.523. The Labute approximate surface area is 147 Å². The van der Waals surface area contributed by atoms with Crippen molar-refractivity contribution >= 4 is 17.6 Å². The fraction of sp³-hybridized carbons (Fsp3) is 0.500. The van der Waals surface area contributed by atoms with Crippen LogP contribution in [-0.4, -0.2) is 42.6 Å². The molecular formula is C18H24N4O3. The van der Waals surface area contributed by atoms with Crippen molar-refractivity contribution in [1.82, 2.24) is 10.2 Å². The Balaban J connectivity index is 2.06. The summed E-state index contributed by atoms with van der Waals surface area (Å²) in [6.45, 7) is 5.23. The predicted octanol–water partition coefficient (Wildman–Crippen LogP) is 2.48. The van der Waals surface area contributed by atoms with Crippen LogP contribution >= 0.6 is 0 Å². The number of nitrogens with zero attached hydrogens (tertiary/aromatic N) is 2. The molecule has 1 fully saturated rings. The minimum absolute atomic E-state index is 0.00684. The Morgan fingerprint density at radius 2 is 2.20 bits per heavy atom. The molecule has 0 aliphatic carbocycles. The van der Waals surface area contributed by atoms with Crippen molar-refractivity contribution in [3.8, 4) is 11.8 Å². The number of nitrogens with one attached hydrogen (secondary N) is 2. The summed E-state index contributed by atoms with van der Waals surface area (Å²) in [4.78, 5) is 25.8. The lowest BCUT2D eigenvalue weighted by molar-refractivity contribution is -0.121. The average molecular weight is 344 g/mol.